The minimum Gasteiger partial charge on any atom is -0.399 e. The van der Waals surface area contributed by atoms with Gasteiger partial charge < -0.3 is 10.6 Å². The Morgan fingerprint density at radius 3 is 2.27 bits per heavy atom. The summed E-state index contributed by atoms with van der Waals surface area (Å²) in [5, 5.41) is 0. The number of hydrogen-bond donors (Lipinski definition) is 1. The smallest absolute Gasteiger partial charge is 0.0367 e. The van der Waals surface area contributed by atoms with Crippen molar-refractivity contribution < 1.29 is 0 Å². The second-order valence-corrected chi connectivity index (χ2v) is 4.35. The van der Waals surface area contributed by atoms with Crippen LogP contribution in [0.2, 0.25) is 0 Å². The summed E-state index contributed by atoms with van der Waals surface area (Å²) in [5.74, 6) is 0.757. The number of anilines is 2. The van der Waals surface area contributed by atoms with Crippen LogP contribution in [-0.2, 0) is 0 Å². The topological polar surface area (TPSA) is 29.3 Å². The van der Waals surface area contributed by atoms with Gasteiger partial charge in [-0.05, 0) is 43.5 Å². The fourth-order valence-corrected chi connectivity index (χ4v) is 1.57. The van der Waals surface area contributed by atoms with E-state index in [0.717, 1.165) is 24.7 Å². The van der Waals surface area contributed by atoms with Crippen LogP contribution in [0.5, 0.6) is 0 Å². The van der Waals surface area contributed by atoms with Crippen LogP contribution in [0.25, 0.3) is 0 Å². The van der Waals surface area contributed by atoms with E-state index in [2.05, 4.69) is 37.8 Å². The number of rotatable bonds is 5. The zero-order valence-corrected chi connectivity index (χ0v) is 10.0. The lowest BCUT2D eigenvalue weighted by atomic mass is 10.1. The molecule has 0 bridgehead atoms. The van der Waals surface area contributed by atoms with E-state index in [-0.39, 0.29) is 0 Å². The first-order valence-corrected chi connectivity index (χ1v) is 5.74. The van der Waals surface area contributed by atoms with Crippen molar-refractivity contribution >= 4 is 11.4 Å². The molecular formula is C13H22N2. The molecule has 0 fully saturated rings. The molecule has 0 aliphatic rings. The molecule has 0 heterocycles. The molecule has 0 atom stereocenters. The second kappa shape index (κ2) is 5.64. The lowest BCUT2D eigenvalue weighted by molar-refractivity contribution is 0.576. The van der Waals surface area contributed by atoms with Crippen LogP contribution in [0.3, 0.4) is 0 Å². The van der Waals surface area contributed by atoms with Crippen molar-refractivity contribution in [1.82, 2.24) is 0 Å². The Morgan fingerprint density at radius 1 is 1.20 bits per heavy atom. The van der Waals surface area contributed by atoms with Gasteiger partial charge in [0.05, 0.1) is 0 Å². The van der Waals surface area contributed by atoms with E-state index in [4.69, 9.17) is 5.73 Å². The molecule has 2 N–H and O–H groups in total. The average molecular weight is 206 g/mol. The van der Waals surface area contributed by atoms with Gasteiger partial charge in [-0.3, -0.25) is 0 Å². The molecule has 2 heteroatoms. The first kappa shape index (κ1) is 11.9. The maximum atomic E-state index is 5.67. The molecule has 84 valence electrons. The van der Waals surface area contributed by atoms with Gasteiger partial charge >= 0.3 is 0 Å². The molecule has 2 nitrogen and oxygen atoms in total. The van der Waals surface area contributed by atoms with Gasteiger partial charge in [0.25, 0.3) is 0 Å². The van der Waals surface area contributed by atoms with Gasteiger partial charge in [-0.15, -0.1) is 0 Å². The van der Waals surface area contributed by atoms with Crippen molar-refractivity contribution in [3.05, 3.63) is 24.3 Å². The van der Waals surface area contributed by atoms with Gasteiger partial charge in [-0.25, -0.2) is 0 Å². The molecule has 1 rings (SSSR count). The average Bonchev–Trinajstić information content (AvgIpc) is 2.21. The zero-order chi connectivity index (χ0) is 11.3. The third-order valence-electron chi connectivity index (χ3n) is 2.62. The van der Waals surface area contributed by atoms with Crippen molar-refractivity contribution in [2.24, 2.45) is 5.92 Å². The van der Waals surface area contributed by atoms with Crippen LogP contribution in [0.4, 0.5) is 11.4 Å². The standard InChI is InChI=1S/C13H22N2/c1-4-15(10-9-11(2)3)13-7-5-12(14)6-8-13/h5-8,11H,4,9-10,14H2,1-3H3. The van der Waals surface area contributed by atoms with Crippen molar-refractivity contribution in [3.63, 3.8) is 0 Å². The largest absolute Gasteiger partial charge is 0.399 e. The third kappa shape index (κ3) is 3.82. The monoisotopic (exact) mass is 206 g/mol. The highest BCUT2D eigenvalue weighted by Gasteiger charge is 2.04. The summed E-state index contributed by atoms with van der Waals surface area (Å²) in [7, 11) is 0. The van der Waals surface area contributed by atoms with E-state index in [0.29, 0.717) is 0 Å². The minimum atomic E-state index is 0.757. The summed E-state index contributed by atoms with van der Waals surface area (Å²) < 4.78 is 0. The quantitative estimate of drug-likeness (QED) is 0.750. The Labute approximate surface area is 93.1 Å². The Hall–Kier alpha value is -1.18. The van der Waals surface area contributed by atoms with E-state index in [1.807, 2.05) is 12.1 Å². The summed E-state index contributed by atoms with van der Waals surface area (Å²) in [6, 6.07) is 8.12. The fourth-order valence-electron chi connectivity index (χ4n) is 1.57. The lowest BCUT2D eigenvalue weighted by Crippen LogP contribution is -2.24. The highest BCUT2D eigenvalue weighted by molar-refractivity contribution is 5.52. The molecular weight excluding hydrogens is 184 g/mol. The molecule has 0 unspecified atom stereocenters. The Kier molecular flexibility index (Phi) is 4.47. The van der Waals surface area contributed by atoms with Gasteiger partial charge in [0.2, 0.25) is 0 Å². The van der Waals surface area contributed by atoms with E-state index < -0.39 is 0 Å². The SMILES string of the molecule is CCN(CCC(C)C)c1ccc(N)cc1. The summed E-state index contributed by atoms with van der Waals surface area (Å²) in [6.07, 6.45) is 1.23. The van der Waals surface area contributed by atoms with Gasteiger partial charge in [-0.1, -0.05) is 13.8 Å². The van der Waals surface area contributed by atoms with Crippen LogP contribution in [0, 0.1) is 5.92 Å². The fraction of sp³-hybridized carbons (Fsp3) is 0.538. The van der Waals surface area contributed by atoms with E-state index in [9.17, 15) is 0 Å². The van der Waals surface area contributed by atoms with Crippen molar-refractivity contribution in [3.8, 4) is 0 Å². The molecule has 0 spiro atoms. The van der Waals surface area contributed by atoms with Crippen molar-refractivity contribution in [2.75, 3.05) is 23.7 Å². The maximum Gasteiger partial charge on any atom is 0.0367 e. The van der Waals surface area contributed by atoms with Crippen LogP contribution >= 0.6 is 0 Å². The van der Waals surface area contributed by atoms with Crippen LogP contribution in [0.1, 0.15) is 27.2 Å². The van der Waals surface area contributed by atoms with Crippen molar-refractivity contribution in [1.29, 1.82) is 0 Å². The van der Waals surface area contributed by atoms with E-state index in [1.54, 1.807) is 0 Å². The second-order valence-electron chi connectivity index (χ2n) is 4.35. The van der Waals surface area contributed by atoms with E-state index >= 15 is 0 Å². The van der Waals surface area contributed by atoms with Crippen LogP contribution in [-0.4, -0.2) is 13.1 Å². The molecule has 15 heavy (non-hydrogen) atoms. The van der Waals surface area contributed by atoms with Crippen LogP contribution in [0.15, 0.2) is 24.3 Å². The molecule has 0 aliphatic carbocycles. The Morgan fingerprint density at radius 2 is 1.80 bits per heavy atom. The first-order chi connectivity index (χ1) is 7.13. The first-order valence-electron chi connectivity index (χ1n) is 5.74. The molecule has 0 aliphatic heterocycles. The maximum absolute atomic E-state index is 5.67. The molecule has 0 amide bonds. The van der Waals surface area contributed by atoms with Gasteiger partial charge in [0.15, 0.2) is 0 Å². The summed E-state index contributed by atoms with van der Waals surface area (Å²) in [6.45, 7) is 8.89. The highest BCUT2D eigenvalue weighted by Crippen LogP contribution is 2.17. The third-order valence-corrected chi connectivity index (χ3v) is 2.62. The minimum absolute atomic E-state index is 0.757. The predicted molar refractivity (Wildman–Crippen MR) is 68.2 cm³/mol. The highest BCUT2D eigenvalue weighted by atomic mass is 15.1. The molecule has 0 aromatic heterocycles. The summed E-state index contributed by atoms with van der Waals surface area (Å²) in [4.78, 5) is 2.39. The van der Waals surface area contributed by atoms with Gasteiger partial charge in [-0.2, -0.15) is 0 Å². The zero-order valence-electron chi connectivity index (χ0n) is 10.0. The molecule has 0 saturated carbocycles. The lowest BCUT2D eigenvalue weighted by Gasteiger charge is -2.24. The Bertz CT molecular complexity index is 277. The van der Waals surface area contributed by atoms with Gasteiger partial charge in [0.1, 0.15) is 0 Å². The summed E-state index contributed by atoms with van der Waals surface area (Å²) in [5.41, 5.74) is 7.77. The number of nitrogens with two attached hydrogens (primary N) is 1. The molecule has 0 saturated heterocycles. The number of nitrogen functional groups attached to an aromatic ring is 1. The Balaban J connectivity index is 2.61. The summed E-state index contributed by atoms with van der Waals surface area (Å²) >= 11 is 0. The van der Waals surface area contributed by atoms with Gasteiger partial charge in [0, 0.05) is 24.5 Å². The molecule has 1 aromatic rings. The van der Waals surface area contributed by atoms with E-state index in [1.165, 1.54) is 12.1 Å². The number of nitrogens with zero attached hydrogens (tertiary/aromatic N) is 1. The normalized spacial score (nSPS) is 10.7. The molecule has 1 aromatic carbocycles. The van der Waals surface area contributed by atoms with Crippen LogP contribution < -0.4 is 10.6 Å². The molecule has 0 radical (unpaired) electrons. The predicted octanol–water partition coefficient (Wildman–Crippen LogP) is 3.14. The van der Waals surface area contributed by atoms with Crippen molar-refractivity contribution in [2.45, 2.75) is 27.2 Å². The number of hydrogen-bond acceptors (Lipinski definition) is 2. The number of benzene rings is 1.